The molecule has 1 aromatic heterocycles. The van der Waals surface area contributed by atoms with Gasteiger partial charge in [0.15, 0.2) is 0 Å². The van der Waals surface area contributed by atoms with Crippen LogP contribution in [-0.4, -0.2) is 48.4 Å². The van der Waals surface area contributed by atoms with Crippen LogP contribution in [-0.2, 0) is 9.47 Å². The minimum absolute atomic E-state index is 0.0583. The normalized spacial score (nSPS) is 12.1. The summed E-state index contributed by atoms with van der Waals surface area (Å²) in [7, 11) is 3.24. The highest BCUT2D eigenvalue weighted by molar-refractivity contribution is 7.80. The number of thiocarbonyl (C=S) groups is 1. The van der Waals surface area contributed by atoms with E-state index in [1.54, 1.807) is 26.5 Å². The summed E-state index contributed by atoms with van der Waals surface area (Å²) in [6.07, 6.45) is 1.54. The van der Waals surface area contributed by atoms with Gasteiger partial charge in [0.25, 0.3) is 0 Å². The summed E-state index contributed by atoms with van der Waals surface area (Å²) < 4.78 is 10.2. The zero-order valence-corrected chi connectivity index (χ0v) is 10.7. The summed E-state index contributed by atoms with van der Waals surface area (Å²) in [5, 5.41) is 3.03. The van der Waals surface area contributed by atoms with Crippen LogP contribution < -0.4 is 11.1 Å². The van der Waals surface area contributed by atoms with Gasteiger partial charge in [-0.1, -0.05) is 12.2 Å². The number of anilines is 1. The molecule has 0 amide bonds. The van der Waals surface area contributed by atoms with E-state index < -0.39 is 0 Å². The Labute approximate surface area is 106 Å². The molecular formula is C10H16N4O2S. The molecule has 1 rings (SSSR count). The molecule has 17 heavy (non-hydrogen) atoms. The van der Waals surface area contributed by atoms with Crippen molar-refractivity contribution in [2.45, 2.75) is 6.10 Å². The molecule has 0 bridgehead atoms. The number of ether oxygens (including phenoxy) is 2. The fraction of sp³-hybridized carbons (Fsp3) is 0.500. The third kappa shape index (κ3) is 4.59. The average Bonchev–Trinajstić information content (AvgIpc) is 2.34. The Morgan fingerprint density at radius 3 is 2.94 bits per heavy atom. The summed E-state index contributed by atoms with van der Waals surface area (Å²) in [5.74, 6) is 0.466. The predicted octanol–water partition coefficient (Wildman–Crippen LogP) is 0.184. The van der Waals surface area contributed by atoms with Gasteiger partial charge in [0.1, 0.15) is 10.7 Å². The van der Waals surface area contributed by atoms with E-state index in [0.29, 0.717) is 24.8 Å². The Hall–Kier alpha value is -1.31. The molecule has 0 spiro atoms. The molecule has 0 saturated heterocycles. The maximum absolute atomic E-state index is 5.48. The third-order valence-electron chi connectivity index (χ3n) is 2.08. The van der Waals surface area contributed by atoms with Crippen LogP contribution in [0, 0.1) is 0 Å². The molecule has 1 aromatic rings. The maximum atomic E-state index is 5.48. The molecular weight excluding hydrogens is 240 g/mol. The van der Waals surface area contributed by atoms with Gasteiger partial charge in [0.2, 0.25) is 5.95 Å². The molecule has 0 aliphatic heterocycles. The second kappa shape index (κ2) is 7.10. The van der Waals surface area contributed by atoms with Gasteiger partial charge in [-0.25, -0.2) is 9.97 Å². The number of nitrogens with two attached hydrogens (primary N) is 1. The smallest absolute Gasteiger partial charge is 0.223 e. The van der Waals surface area contributed by atoms with E-state index >= 15 is 0 Å². The molecule has 0 fully saturated rings. The molecule has 0 aliphatic rings. The van der Waals surface area contributed by atoms with Crippen LogP contribution in [0.25, 0.3) is 0 Å². The van der Waals surface area contributed by atoms with Gasteiger partial charge < -0.3 is 20.5 Å². The first-order valence-electron chi connectivity index (χ1n) is 5.05. The molecule has 1 unspecified atom stereocenters. The van der Waals surface area contributed by atoms with Crippen LogP contribution in [0.1, 0.15) is 5.69 Å². The van der Waals surface area contributed by atoms with E-state index in [0.717, 1.165) is 0 Å². The first-order chi connectivity index (χ1) is 8.17. The fourth-order valence-corrected chi connectivity index (χ4v) is 1.30. The molecule has 0 aromatic carbocycles. The van der Waals surface area contributed by atoms with Crippen LogP contribution in [0.2, 0.25) is 0 Å². The molecule has 1 atom stereocenters. The number of nitrogens with zero attached hydrogens (tertiary/aromatic N) is 2. The van der Waals surface area contributed by atoms with Crippen molar-refractivity contribution >= 4 is 23.2 Å². The van der Waals surface area contributed by atoms with Gasteiger partial charge >= 0.3 is 0 Å². The lowest BCUT2D eigenvalue weighted by molar-refractivity contribution is 0.0365. The zero-order chi connectivity index (χ0) is 12.7. The fourth-order valence-electron chi connectivity index (χ4n) is 1.18. The summed E-state index contributed by atoms with van der Waals surface area (Å²) in [5.41, 5.74) is 6.02. The highest BCUT2D eigenvalue weighted by Crippen LogP contribution is 2.01. The quantitative estimate of drug-likeness (QED) is 0.673. The average molecular weight is 256 g/mol. The van der Waals surface area contributed by atoms with Crippen molar-refractivity contribution in [1.29, 1.82) is 0 Å². The lowest BCUT2D eigenvalue weighted by Crippen LogP contribution is -2.27. The van der Waals surface area contributed by atoms with Crippen molar-refractivity contribution in [3.63, 3.8) is 0 Å². The third-order valence-corrected chi connectivity index (χ3v) is 2.29. The highest BCUT2D eigenvalue weighted by Gasteiger charge is 2.08. The second-order valence-corrected chi connectivity index (χ2v) is 3.76. The number of rotatable bonds is 7. The van der Waals surface area contributed by atoms with Crippen LogP contribution in [0.4, 0.5) is 5.95 Å². The number of methoxy groups -OCH3 is 2. The summed E-state index contributed by atoms with van der Waals surface area (Å²) in [6.45, 7) is 1.05. The standard InChI is InChI=1S/C10H16N4O2S/c1-15-6-7(16-2)5-13-10-12-4-3-8(14-10)9(11)17/h3-4,7H,5-6H2,1-2H3,(H2,11,17)(H,12,13,14). The molecule has 3 N–H and O–H groups in total. The molecule has 0 radical (unpaired) electrons. The predicted molar refractivity (Wildman–Crippen MR) is 69.1 cm³/mol. The summed E-state index contributed by atoms with van der Waals surface area (Å²) in [4.78, 5) is 8.45. The van der Waals surface area contributed by atoms with Crippen molar-refractivity contribution in [3.05, 3.63) is 18.0 Å². The monoisotopic (exact) mass is 256 g/mol. The Morgan fingerprint density at radius 2 is 2.35 bits per heavy atom. The number of hydrogen-bond donors (Lipinski definition) is 2. The Morgan fingerprint density at radius 1 is 1.59 bits per heavy atom. The lowest BCUT2D eigenvalue weighted by atomic mass is 10.3. The Balaban J connectivity index is 2.56. The minimum atomic E-state index is -0.0583. The minimum Gasteiger partial charge on any atom is -0.388 e. The van der Waals surface area contributed by atoms with Crippen LogP contribution in [0.15, 0.2) is 12.3 Å². The van der Waals surface area contributed by atoms with Crippen LogP contribution in [0.3, 0.4) is 0 Å². The second-order valence-electron chi connectivity index (χ2n) is 3.32. The molecule has 0 aliphatic carbocycles. The van der Waals surface area contributed by atoms with E-state index in [4.69, 9.17) is 27.4 Å². The van der Waals surface area contributed by atoms with Crippen LogP contribution >= 0.6 is 12.2 Å². The van der Waals surface area contributed by atoms with Crippen LogP contribution in [0.5, 0.6) is 0 Å². The molecule has 7 heteroatoms. The number of nitrogens with one attached hydrogen (secondary N) is 1. The largest absolute Gasteiger partial charge is 0.388 e. The van der Waals surface area contributed by atoms with E-state index in [-0.39, 0.29) is 11.1 Å². The van der Waals surface area contributed by atoms with Crippen molar-refractivity contribution in [2.24, 2.45) is 5.73 Å². The van der Waals surface area contributed by atoms with E-state index in [1.165, 1.54) is 0 Å². The number of hydrogen-bond acceptors (Lipinski definition) is 6. The molecule has 0 saturated carbocycles. The maximum Gasteiger partial charge on any atom is 0.223 e. The van der Waals surface area contributed by atoms with Gasteiger partial charge in [-0.05, 0) is 6.07 Å². The van der Waals surface area contributed by atoms with Gasteiger partial charge in [-0.15, -0.1) is 0 Å². The van der Waals surface area contributed by atoms with E-state index in [1.807, 2.05) is 0 Å². The summed E-state index contributed by atoms with van der Waals surface area (Å²) >= 11 is 4.84. The van der Waals surface area contributed by atoms with E-state index in [9.17, 15) is 0 Å². The first-order valence-corrected chi connectivity index (χ1v) is 5.46. The Kier molecular flexibility index (Phi) is 5.75. The molecule has 6 nitrogen and oxygen atoms in total. The molecule has 1 heterocycles. The SMILES string of the molecule is COCC(CNc1nccc(C(N)=S)n1)OC. The van der Waals surface area contributed by atoms with Gasteiger partial charge in [0, 0.05) is 27.0 Å². The molecule has 94 valence electrons. The Bertz CT molecular complexity index is 375. The van der Waals surface area contributed by atoms with Crippen molar-refractivity contribution in [2.75, 3.05) is 32.7 Å². The van der Waals surface area contributed by atoms with Gasteiger partial charge in [0.05, 0.1) is 12.7 Å². The number of aromatic nitrogens is 2. The first kappa shape index (κ1) is 13.8. The lowest BCUT2D eigenvalue weighted by Gasteiger charge is -2.14. The summed E-state index contributed by atoms with van der Waals surface area (Å²) in [6, 6.07) is 1.66. The van der Waals surface area contributed by atoms with Gasteiger partial charge in [-0.2, -0.15) is 0 Å². The zero-order valence-electron chi connectivity index (χ0n) is 9.84. The van der Waals surface area contributed by atoms with Crippen molar-refractivity contribution in [1.82, 2.24) is 9.97 Å². The highest BCUT2D eigenvalue weighted by atomic mass is 32.1. The van der Waals surface area contributed by atoms with Crippen molar-refractivity contribution in [3.8, 4) is 0 Å². The van der Waals surface area contributed by atoms with Crippen molar-refractivity contribution < 1.29 is 9.47 Å². The van der Waals surface area contributed by atoms with Gasteiger partial charge in [-0.3, -0.25) is 0 Å². The topological polar surface area (TPSA) is 82.3 Å². The van der Waals surface area contributed by atoms with E-state index in [2.05, 4.69) is 15.3 Å².